The van der Waals surface area contributed by atoms with Crippen LogP contribution in [0, 0.1) is 0 Å². The molecule has 0 amide bonds. The van der Waals surface area contributed by atoms with Crippen molar-refractivity contribution in [3.05, 3.63) is 151 Å². The predicted octanol–water partition coefficient (Wildman–Crippen LogP) is 7.70. The third-order valence-corrected chi connectivity index (χ3v) is 18.4. The highest BCUT2D eigenvalue weighted by Crippen LogP contribution is 2.40. The summed E-state index contributed by atoms with van der Waals surface area (Å²) >= 11 is 0. The first-order valence-electron chi connectivity index (χ1n) is 15.2. The molecule has 0 heterocycles. The van der Waals surface area contributed by atoms with Crippen molar-refractivity contribution >= 4 is 37.4 Å². The van der Waals surface area contributed by atoms with Crippen molar-refractivity contribution < 1.29 is 8.85 Å². The average Bonchev–Trinajstić information content (AvgIpc) is 3.01. The van der Waals surface area contributed by atoms with Crippen LogP contribution in [0.3, 0.4) is 0 Å². The zero-order chi connectivity index (χ0) is 30.6. The van der Waals surface area contributed by atoms with Crippen molar-refractivity contribution in [1.29, 1.82) is 0 Å². The van der Waals surface area contributed by atoms with E-state index < -0.39 is 16.6 Å². The molecule has 0 aliphatic heterocycles. The van der Waals surface area contributed by atoms with Crippen LogP contribution in [0.25, 0.3) is 0 Å². The molecule has 5 rings (SSSR count). The highest BCUT2D eigenvalue weighted by Gasteiger charge is 2.53. The monoisotopic (exact) mass is 600 g/mol. The van der Waals surface area contributed by atoms with Crippen LogP contribution < -0.4 is 25.2 Å². The van der Waals surface area contributed by atoms with Crippen LogP contribution in [-0.2, 0) is 11.0 Å². The maximum Gasteiger partial charge on any atom is 0.319 e. The molecule has 0 N–H and O–H groups in total. The summed E-state index contributed by atoms with van der Waals surface area (Å²) in [7, 11) is -5.53. The molecule has 0 atom stereocenters. The van der Waals surface area contributed by atoms with E-state index in [1.165, 1.54) is 20.7 Å². The van der Waals surface area contributed by atoms with Gasteiger partial charge in [-0.2, -0.15) is 0 Å². The number of hydrogen-bond donors (Lipinski definition) is 0. The maximum absolute atomic E-state index is 7.51. The van der Waals surface area contributed by atoms with Crippen LogP contribution >= 0.6 is 0 Å². The van der Waals surface area contributed by atoms with E-state index in [4.69, 9.17) is 8.85 Å². The molecule has 220 valence electrons. The van der Waals surface area contributed by atoms with Crippen LogP contribution in [0.2, 0.25) is 10.1 Å². The van der Waals surface area contributed by atoms with Gasteiger partial charge in [-0.3, -0.25) is 0 Å². The van der Waals surface area contributed by atoms with E-state index in [-0.39, 0.29) is 10.1 Å². The minimum absolute atomic E-state index is 0.108. The Kier molecular flexibility index (Phi) is 8.93. The van der Waals surface area contributed by atoms with Gasteiger partial charge in [-0.05, 0) is 36.9 Å². The highest BCUT2D eigenvalue weighted by molar-refractivity contribution is 7.00. The summed E-state index contributed by atoms with van der Waals surface area (Å²) in [6.07, 6.45) is 0. The van der Waals surface area contributed by atoms with E-state index in [2.05, 4.69) is 187 Å². The van der Waals surface area contributed by atoms with Crippen LogP contribution in [0.5, 0.6) is 5.75 Å². The Morgan fingerprint density at radius 3 is 1.12 bits per heavy atom. The number of rotatable bonds is 9. The second-order valence-corrected chi connectivity index (χ2v) is 21.9. The third-order valence-electron chi connectivity index (χ3n) is 8.51. The van der Waals surface area contributed by atoms with Gasteiger partial charge in [0, 0.05) is 5.56 Å². The van der Waals surface area contributed by atoms with Gasteiger partial charge in [-0.1, -0.05) is 181 Å². The molecule has 2 nitrogen and oxygen atoms in total. The molecule has 0 saturated heterocycles. The van der Waals surface area contributed by atoms with Crippen LogP contribution in [0.1, 0.15) is 47.1 Å². The predicted molar refractivity (Wildman–Crippen MR) is 187 cm³/mol. The quantitative estimate of drug-likeness (QED) is 0.161. The van der Waals surface area contributed by atoms with Crippen molar-refractivity contribution in [3.8, 4) is 5.75 Å². The second-order valence-electron chi connectivity index (χ2n) is 13.3. The fourth-order valence-corrected chi connectivity index (χ4v) is 15.5. The van der Waals surface area contributed by atoms with E-state index in [0.717, 1.165) is 11.3 Å². The first-order valence-corrected chi connectivity index (χ1v) is 19.0. The summed E-state index contributed by atoms with van der Waals surface area (Å²) in [5.74, 6) is 0.898. The molecule has 0 radical (unpaired) electrons. The topological polar surface area (TPSA) is 18.5 Å². The molecule has 5 aromatic carbocycles. The van der Waals surface area contributed by atoms with Crippen molar-refractivity contribution in [2.75, 3.05) is 0 Å². The lowest BCUT2D eigenvalue weighted by atomic mass is 10.2. The first-order chi connectivity index (χ1) is 20.6. The Labute approximate surface area is 260 Å². The standard InChI is InChI=1S/C39H44O2Si2/c1-38(2,3)42(33-22-11-7-12-23-33,34-24-13-8-14-25-34)40-31-32-21-19-20-30-37(32)41-43(39(4,5)6,35-26-15-9-16-27-35)36-28-17-10-18-29-36/h7-30H,31H2,1-6H3. The Morgan fingerprint density at radius 2 is 0.744 bits per heavy atom. The molecule has 0 aliphatic carbocycles. The lowest BCUT2D eigenvalue weighted by Crippen LogP contribution is -2.69. The third kappa shape index (κ3) is 5.92. The van der Waals surface area contributed by atoms with Gasteiger partial charge in [0.1, 0.15) is 5.75 Å². The minimum Gasteiger partial charge on any atom is -0.534 e. The van der Waals surface area contributed by atoms with E-state index in [1.807, 2.05) is 0 Å². The average molecular weight is 601 g/mol. The number of benzene rings is 5. The molecule has 0 spiro atoms. The zero-order valence-electron chi connectivity index (χ0n) is 26.4. The van der Waals surface area contributed by atoms with Crippen LogP contribution in [0.4, 0.5) is 0 Å². The van der Waals surface area contributed by atoms with Gasteiger partial charge in [0.25, 0.3) is 8.32 Å². The fraction of sp³-hybridized carbons (Fsp3) is 0.231. The van der Waals surface area contributed by atoms with E-state index >= 15 is 0 Å². The van der Waals surface area contributed by atoms with Crippen molar-refractivity contribution in [2.24, 2.45) is 0 Å². The molecular formula is C39H44O2Si2. The summed E-state index contributed by atoms with van der Waals surface area (Å²) < 4.78 is 14.9. The SMILES string of the molecule is CC(C)(C)[Si](OCc1ccccc1O[Si](c1ccccc1)(c1ccccc1)C(C)(C)C)(c1ccccc1)c1ccccc1. The minimum atomic E-state index is -2.81. The Morgan fingerprint density at radius 1 is 0.419 bits per heavy atom. The van der Waals surface area contributed by atoms with Gasteiger partial charge >= 0.3 is 8.32 Å². The largest absolute Gasteiger partial charge is 0.534 e. The highest BCUT2D eigenvalue weighted by atomic mass is 28.4. The van der Waals surface area contributed by atoms with Crippen molar-refractivity contribution in [1.82, 2.24) is 0 Å². The first kappa shape index (κ1) is 30.7. The van der Waals surface area contributed by atoms with Gasteiger partial charge in [0.2, 0.25) is 0 Å². The van der Waals surface area contributed by atoms with Crippen molar-refractivity contribution in [3.63, 3.8) is 0 Å². The van der Waals surface area contributed by atoms with Gasteiger partial charge in [0.15, 0.2) is 0 Å². The number of para-hydroxylation sites is 1. The molecule has 0 aromatic heterocycles. The molecule has 43 heavy (non-hydrogen) atoms. The van der Waals surface area contributed by atoms with E-state index in [1.54, 1.807) is 0 Å². The second kappa shape index (κ2) is 12.5. The van der Waals surface area contributed by atoms with E-state index in [9.17, 15) is 0 Å². The van der Waals surface area contributed by atoms with Gasteiger partial charge < -0.3 is 8.85 Å². The Balaban J connectivity index is 1.63. The molecule has 4 heteroatoms. The number of hydrogen-bond acceptors (Lipinski definition) is 2. The van der Waals surface area contributed by atoms with Crippen LogP contribution in [-0.4, -0.2) is 16.6 Å². The summed E-state index contributed by atoms with van der Waals surface area (Å²) in [5.41, 5.74) is 1.07. The molecule has 0 aliphatic rings. The summed E-state index contributed by atoms with van der Waals surface area (Å²) in [5, 5.41) is 4.83. The smallest absolute Gasteiger partial charge is 0.319 e. The lowest BCUT2D eigenvalue weighted by Gasteiger charge is -2.44. The Bertz CT molecular complexity index is 1510. The molecule has 5 aromatic rings. The Hall–Kier alpha value is -3.71. The normalized spacial score (nSPS) is 12.6. The van der Waals surface area contributed by atoms with Crippen molar-refractivity contribution in [2.45, 2.75) is 58.2 Å². The molecule has 0 bridgehead atoms. The van der Waals surface area contributed by atoms with E-state index in [0.29, 0.717) is 6.61 Å². The lowest BCUT2D eigenvalue weighted by molar-refractivity contribution is 0.282. The van der Waals surface area contributed by atoms with Gasteiger partial charge in [-0.25, -0.2) is 0 Å². The summed E-state index contributed by atoms with van der Waals surface area (Å²) in [4.78, 5) is 0. The van der Waals surface area contributed by atoms with Gasteiger partial charge in [0.05, 0.1) is 6.61 Å². The van der Waals surface area contributed by atoms with Gasteiger partial charge in [-0.15, -0.1) is 0 Å². The van der Waals surface area contributed by atoms with Crippen LogP contribution in [0.15, 0.2) is 146 Å². The zero-order valence-corrected chi connectivity index (χ0v) is 28.4. The fourth-order valence-electron chi connectivity index (χ4n) is 6.48. The molecule has 0 fully saturated rings. The molecular weight excluding hydrogens is 557 g/mol. The summed E-state index contributed by atoms with van der Waals surface area (Å²) in [6, 6.07) is 51.8. The molecule has 0 saturated carbocycles. The maximum atomic E-state index is 7.51. The molecule has 0 unspecified atom stereocenters. The summed E-state index contributed by atoms with van der Waals surface area (Å²) in [6.45, 7) is 14.4.